The van der Waals surface area contributed by atoms with Gasteiger partial charge in [-0.2, -0.15) is 5.10 Å². The molecule has 1 aromatic rings. The number of hydrogen-bond donors (Lipinski definition) is 0. The number of rotatable bonds is 3. The average molecular weight is 236 g/mol. The van der Waals surface area contributed by atoms with Crippen molar-refractivity contribution < 1.29 is 0 Å². The fraction of sp³-hybridized carbons (Fsp3) is 0.769. The van der Waals surface area contributed by atoms with Crippen molar-refractivity contribution in [3.63, 3.8) is 0 Å². The number of aryl methyl sites for hydroxylation is 1. The van der Waals surface area contributed by atoms with E-state index in [1.165, 1.54) is 18.8 Å². The summed E-state index contributed by atoms with van der Waals surface area (Å²) in [5.74, 6) is 0.700. The van der Waals surface area contributed by atoms with Gasteiger partial charge < -0.3 is 4.90 Å². The molecule has 2 heterocycles. The van der Waals surface area contributed by atoms with Crippen LogP contribution in [0.3, 0.4) is 0 Å². The van der Waals surface area contributed by atoms with Crippen LogP contribution in [-0.4, -0.2) is 52.3 Å². The van der Waals surface area contributed by atoms with Crippen molar-refractivity contribution in [2.24, 2.45) is 13.0 Å². The van der Waals surface area contributed by atoms with E-state index in [1.54, 1.807) is 0 Å². The molecule has 1 aliphatic heterocycles. The lowest BCUT2D eigenvalue weighted by Gasteiger charge is -2.42. The highest BCUT2D eigenvalue weighted by Gasteiger charge is 2.27. The van der Waals surface area contributed by atoms with Gasteiger partial charge in [-0.3, -0.25) is 9.58 Å². The number of nitrogens with zero attached hydrogens (tertiary/aromatic N) is 4. The third-order valence-electron chi connectivity index (χ3n) is 3.79. The molecular formula is C13H24N4. The Morgan fingerprint density at radius 2 is 2.12 bits per heavy atom. The van der Waals surface area contributed by atoms with E-state index in [9.17, 15) is 0 Å². The highest BCUT2D eigenvalue weighted by Crippen LogP contribution is 2.18. The van der Waals surface area contributed by atoms with Gasteiger partial charge in [0.05, 0.1) is 5.69 Å². The molecule has 1 aromatic heterocycles. The van der Waals surface area contributed by atoms with Gasteiger partial charge in [0.15, 0.2) is 0 Å². The average Bonchev–Trinajstić information content (AvgIpc) is 2.67. The van der Waals surface area contributed by atoms with Crippen LogP contribution < -0.4 is 0 Å². The minimum atomic E-state index is 0.656. The number of piperazine rings is 1. The molecule has 1 atom stereocenters. The summed E-state index contributed by atoms with van der Waals surface area (Å²) in [5.41, 5.74) is 1.31. The molecule has 0 aliphatic carbocycles. The molecule has 0 bridgehead atoms. The van der Waals surface area contributed by atoms with Gasteiger partial charge in [-0.05, 0) is 19.0 Å². The molecule has 1 saturated heterocycles. The van der Waals surface area contributed by atoms with E-state index in [0.717, 1.165) is 13.1 Å². The molecule has 0 aromatic carbocycles. The second kappa shape index (κ2) is 5.19. The van der Waals surface area contributed by atoms with Crippen LogP contribution in [-0.2, 0) is 13.6 Å². The van der Waals surface area contributed by atoms with E-state index in [4.69, 9.17) is 0 Å². The Kier molecular flexibility index (Phi) is 3.84. The third kappa shape index (κ3) is 2.87. The maximum atomic E-state index is 4.25. The molecule has 1 unspecified atom stereocenters. The molecular weight excluding hydrogens is 212 g/mol. The SMILES string of the molecule is CC(C)C1CN(C)CCN1Cc1ccnn1C. The lowest BCUT2D eigenvalue weighted by molar-refractivity contribution is 0.0553. The Morgan fingerprint density at radius 3 is 2.71 bits per heavy atom. The van der Waals surface area contributed by atoms with Gasteiger partial charge in [0.2, 0.25) is 0 Å². The summed E-state index contributed by atoms with van der Waals surface area (Å²) < 4.78 is 1.98. The third-order valence-corrected chi connectivity index (χ3v) is 3.79. The second-order valence-electron chi connectivity index (χ2n) is 5.49. The standard InChI is InChI=1S/C13H24N4/c1-11(2)13-10-15(3)7-8-17(13)9-12-5-6-14-16(12)4/h5-6,11,13H,7-10H2,1-4H3. The Morgan fingerprint density at radius 1 is 1.35 bits per heavy atom. The van der Waals surface area contributed by atoms with Gasteiger partial charge in [0.25, 0.3) is 0 Å². The van der Waals surface area contributed by atoms with E-state index in [2.05, 4.69) is 41.9 Å². The van der Waals surface area contributed by atoms with Crippen LogP contribution in [0, 0.1) is 5.92 Å². The monoisotopic (exact) mass is 236 g/mol. The molecule has 96 valence electrons. The maximum absolute atomic E-state index is 4.25. The van der Waals surface area contributed by atoms with E-state index in [1.807, 2.05) is 17.9 Å². The summed E-state index contributed by atoms with van der Waals surface area (Å²) in [4.78, 5) is 5.03. The summed E-state index contributed by atoms with van der Waals surface area (Å²) >= 11 is 0. The Hall–Kier alpha value is -0.870. The van der Waals surface area contributed by atoms with Crippen molar-refractivity contribution in [2.75, 3.05) is 26.7 Å². The van der Waals surface area contributed by atoms with Crippen molar-refractivity contribution in [3.8, 4) is 0 Å². The molecule has 1 fully saturated rings. The minimum absolute atomic E-state index is 0.656. The zero-order valence-corrected chi connectivity index (χ0v) is 11.4. The summed E-state index contributed by atoms with van der Waals surface area (Å²) in [7, 11) is 4.24. The molecule has 4 heteroatoms. The normalized spacial score (nSPS) is 23.5. The molecule has 1 aliphatic rings. The fourth-order valence-corrected chi connectivity index (χ4v) is 2.58. The van der Waals surface area contributed by atoms with Crippen LogP contribution in [0.1, 0.15) is 19.5 Å². The lowest BCUT2D eigenvalue weighted by Crippen LogP contribution is -2.53. The number of aromatic nitrogens is 2. The first kappa shape index (κ1) is 12.6. The fourth-order valence-electron chi connectivity index (χ4n) is 2.58. The maximum Gasteiger partial charge on any atom is 0.0521 e. The van der Waals surface area contributed by atoms with E-state index in [-0.39, 0.29) is 0 Å². The van der Waals surface area contributed by atoms with Crippen molar-refractivity contribution >= 4 is 0 Å². The highest BCUT2D eigenvalue weighted by molar-refractivity contribution is 5.01. The van der Waals surface area contributed by atoms with E-state index in [0.29, 0.717) is 12.0 Å². The summed E-state index contributed by atoms with van der Waals surface area (Å²) in [6, 6.07) is 2.78. The van der Waals surface area contributed by atoms with Crippen LogP contribution in [0.2, 0.25) is 0 Å². The predicted octanol–water partition coefficient (Wildman–Crippen LogP) is 1.19. The molecule has 0 spiro atoms. The van der Waals surface area contributed by atoms with Crippen LogP contribution in [0.5, 0.6) is 0 Å². The molecule has 0 radical (unpaired) electrons. The highest BCUT2D eigenvalue weighted by atomic mass is 15.3. The van der Waals surface area contributed by atoms with Crippen LogP contribution in [0.4, 0.5) is 0 Å². The van der Waals surface area contributed by atoms with Gasteiger partial charge in [-0.25, -0.2) is 0 Å². The van der Waals surface area contributed by atoms with E-state index < -0.39 is 0 Å². The molecule has 0 amide bonds. The minimum Gasteiger partial charge on any atom is -0.304 e. The first-order valence-corrected chi connectivity index (χ1v) is 6.47. The topological polar surface area (TPSA) is 24.3 Å². The van der Waals surface area contributed by atoms with Crippen molar-refractivity contribution in [1.82, 2.24) is 19.6 Å². The van der Waals surface area contributed by atoms with E-state index >= 15 is 0 Å². The van der Waals surface area contributed by atoms with Crippen molar-refractivity contribution in [2.45, 2.75) is 26.4 Å². The zero-order valence-electron chi connectivity index (χ0n) is 11.4. The summed E-state index contributed by atoms with van der Waals surface area (Å²) in [6.45, 7) is 9.16. The first-order valence-electron chi connectivity index (χ1n) is 6.47. The molecule has 2 rings (SSSR count). The van der Waals surface area contributed by atoms with Gasteiger partial charge in [0.1, 0.15) is 0 Å². The van der Waals surface area contributed by atoms with Crippen LogP contribution in [0.15, 0.2) is 12.3 Å². The van der Waals surface area contributed by atoms with Crippen molar-refractivity contribution in [1.29, 1.82) is 0 Å². The number of hydrogen-bond acceptors (Lipinski definition) is 3. The largest absolute Gasteiger partial charge is 0.304 e. The molecule has 0 N–H and O–H groups in total. The van der Waals surface area contributed by atoms with Crippen LogP contribution >= 0.6 is 0 Å². The van der Waals surface area contributed by atoms with Crippen LogP contribution in [0.25, 0.3) is 0 Å². The Bertz CT molecular complexity index is 358. The number of likely N-dealkylation sites (N-methyl/N-ethyl adjacent to an activating group) is 1. The second-order valence-corrected chi connectivity index (χ2v) is 5.49. The summed E-state index contributed by atoms with van der Waals surface area (Å²) in [5, 5.41) is 4.25. The lowest BCUT2D eigenvalue weighted by atomic mass is 9.99. The van der Waals surface area contributed by atoms with Gasteiger partial charge in [-0.15, -0.1) is 0 Å². The van der Waals surface area contributed by atoms with Gasteiger partial charge >= 0.3 is 0 Å². The molecule has 0 saturated carbocycles. The zero-order chi connectivity index (χ0) is 12.4. The summed E-state index contributed by atoms with van der Waals surface area (Å²) in [6.07, 6.45) is 1.88. The van der Waals surface area contributed by atoms with Gasteiger partial charge in [-0.1, -0.05) is 13.8 Å². The molecule has 17 heavy (non-hydrogen) atoms. The predicted molar refractivity (Wildman–Crippen MR) is 69.7 cm³/mol. The Labute approximate surface area is 104 Å². The smallest absolute Gasteiger partial charge is 0.0521 e. The van der Waals surface area contributed by atoms with Crippen molar-refractivity contribution in [3.05, 3.63) is 18.0 Å². The first-order chi connectivity index (χ1) is 8.08. The quantitative estimate of drug-likeness (QED) is 0.788. The Balaban J connectivity index is 2.05. The molecule has 4 nitrogen and oxygen atoms in total. The van der Waals surface area contributed by atoms with Gasteiger partial charge in [0, 0.05) is 45.5 Å².